The fourth-order valence-corrected chi connectivity index (χ4v) is 3.07. The molecule has 1 saturated carbocycles. The lowest BCUT2D eigenvalue weighted by molar-refractivity contribution is -0.383. The van der Waals surface area contributed by atoms with E-state index in [1.807, 2.05) is 0 Å². The molecule has 1 fully saturated rings. The Morgan fingerprint density at radius 3 is 2.32 bits per heavy atom. The first kappa shape index (κ1) is 19.6. The Labute approximate surface area is 158 Å². The van der Waals surface area contributed by atoms with Crippen molar-refractivity contribution in [3.8, 4) is 5.75 Å². The smallest absolute Gasteiger partial charge is 0.406 e. The van der Waals surface area contributed by atoms with Crippen LogP contribution in [0.3, 0.4) is 0 Å². The minimum Gasteiger partial charge on any atom is -0.406 e. The van der Waals surface area contributed by atoms with E-state index < -0.39 is 17.0 Å². The number of ether oxygens (including phenoxy) is 1. The van der Waals surface area contributed by atoms with Crippen molar-refractivity contribution < 1.29 is 22.8 Å². The number of nitrogens with zero attached hydrogens (tertiary/aromatic N) is 3. The maximum Gasteiger partial charge on any atom is 0.573 e. The number of nitrogens with one attached hydrogen (secondary N) is 2. The average Bonchev–Trinajstić information content (AvgIpc) is 2.63. The molecule has 2 aromatic rings. The van der Waals surface area contributed by atoms with Crippen molar-refractivity contribution in [1.82, 2.24) is 9.97 Å². The van der Waals surface area contributed by atoms with Gasteiger partial charge in [0.15, 0.2) is 0 Å². The number of aromatic nitrogens is 2. The first-order valence-corrected chi connectivity index (χ1v) is 8.70. The molecule has 1 aliphatic carbocycles. The van der Waals surface area contributed by atoms with E-state index in [1.165, 1.54) is 18.5 Å². The molecule has 0 aliphatic heterocycles. The molecule has 0 atom stereocenters. The van der Waals surface area contributed by atoms with Crippen molar-refractivity contribution in [2.75, 3.05) is 10.6 Å². The van der Waals surface area contributed by atoms with E-state index in [1.54, 1.807) is 0 Å². The highest BCUT2D eigenvalue weighted by Gasteiger charge is 2.31. The average molecular weight is 397 g/mol. The number of anilines is 3. The van der Waals surface area contributed by atoms with Gasteiger partial charge in [-0.1, -0.05) is 19.3 Å². The molecular formula is C17H18F3N5O3. The predicted molar refractivity (Wildman–Crippen MR) is 95.6 cm³/mol. The molecule has 0 amide bonds. The van der Waals surface area contributed by atoms with Gasteiger partial charge in [-0.2, -0.15) is 0 Å². The summed E-state index contributed by atoms with van der Waals surface area (Å²) in [5.74, 6) is -0.330. The molecule has 150 valence electrons. The number of alkyl halides is 3. The largest absolute Gasteiger partial charge is 0.573 e. The van der Waals surface area contributed by atoms with Crippen molar-refractivity contribution in [2.45, 2.75) is 44.5 Å². The normalized spacial score (nSPS) is 15.1. The van der Waals surface area contributed by atoms with Crippen LogP contribution in [0, 0.1) is 10.1 Å². The highest BCUT2D eigenvalue weighted by atomic mass is 19.4. The SMILES string of the molecule is O=[N+]([O-])c1c(Nc2ccc(OC(F)(F)F)cc2)ncnc1NC1CCCCC1. The zero-order chi connectivity index (χ0) is 20.1. The van der Waals surface area contributed by atoms with Gasteiger partial charge < -0.3 is 15.4 Å². The van der Waals surface area contributed by atoms with Gasteiger partial charge in [0, 0.05) is 11.7 Å². The van der Waals surface area contributed by atoms with Crippen LogP contribution >= 0.6 is 0 Å². The van der Waals surface area contributed by atoms with Crippen LogP contribution in [-0.2, 0) is 0 Å². The second-order valence-corrected chi connectivity index (χ2v) is 6.35. The Kier molecular flexibility index (Phi) is 5.81. The Morgan fingerprint density at radius 2 is 1.71 bits per heavy atom. The molecule has 1 aliphatic rings. The third kappa shape index (κ3) is 5.21. The molecule has 0 unspecified atom stereocenters. The van der Waals surface area contributed by atoms with Gasteiger partial charge in [-0.05, 0) is 37.1 Å². The first-order chi connectivity index (χ1) is 13.3. The Morgan fingerprint density at radius 1 is 1.07 bits per heavy atom. The molecule has 0 saturated heterocycles. The Balaban J connectivity index is 1.79. The second kappa shape index (κ2) is 8.28. The predicted octanol–water partition coefficient (Wildman–Crippen LogP) is 4.77. The molecule has 0 spiro atoms. The van der Waals surface area contributed by atoms with E-state index in [-0.39, 0.29) is 23.4 Å². The number of rotatable bonds is 6. The standard InChI is InChI=1S/C17H18F3N5O3/c18-17(19,20)28-13-8-6-12(7-9-13)24-16-14(25(26)27)15(21-10-22-16)23-11-4-2-1-3-5-11/h6-11H,1-5H2,(H2,21,22,23,24). The van der Waals surface area contributed by atoms with Crippen LogP contribution < -0.4 is 15.4 Å². The monoisotopic (exact) mass is 397 g/mol. The zero-order valence-corrected chi connectivity index (χ0v) is 14.7. The van der Waals surface area contributed by atoms with E-state index in [0.717, 1.165) is 44.2 Å². The van der Waals surface area contributed by atoms with Crippen LogP contribution in [0.15, 0.2) is 30.6 Å². The van der Waals surface area contributed by atoms with Gasteiger partial charge in [0.1, 0.15) is 12.1 Å². The minimum atomic E-state index is -4.79. The molecule has 0 radical (unpaired) electrons. The van der Waals surface area contributed by atoms with Crippen LogP contribution in [-0.4, -0.2) is 27.3 Å². The summed E-state index contributed by atoms with van der Waals surface area (Å²) < 4.78 is 40.5. The van der Waals surface area contributed by atoms with Crippen molar-refractivity contribution in [2.24, 2.45) is 0 Å². The number of halogens is 3. The number of nitro groups is 1. The van der Waals surface area contributed by atoms with Crippen molar-refractivity contribution >= 4 is 23.0 Å². The van der Waals surface area contributed by atoms with Gasteiger partial charge >= 0.3 is 12.0 Å². The fourth-order valence-electron chi connectivity index (χ4n) is 3.07. The molecule has 1 aromatic carbocycles. The fraction of sp³-hybridized carbons (Fsp3) is 0.412. The number of benzene rings is 1. The number of hydrogen-bond donors (Lipinski definition) is 2. The maximum absolute atomic E-state index is 12.2. The lowest BCUT2D eigenvalue weighted by atomic mass is 9.95. The molecule has 8 nitrogen and oxygen atoms in total. The summed E-state index contributed by atoms with van der Waals surface area (Å²) in [5.41, 5.74) is 0.00336. The van der Waals surface area contributed by atoms with Gasteiger partial charge in [-0.25, -0.2) is 9.97 Å². The van der Waals surface area contributed by atoms with Gasteiger partial charge in [0.25, 0.3) is 0 Å². The summed E-state index contributed by atoms with van der Waals surface area (Å²) in [5, 5.41) is 17.5. The molecule has 1 heterocycles. The van der Waals surface area contributed by atoms with Crippen LogP contribution in [0.2, 0.25) is 0 Å². The first-order valence-electron chi connectivity index (χ1n) is 8.70. The van der Waals surface area contributed by atoms with Crippen molar-refractivity contribution in [1.29, 1.82) is 0 Å². The highest BCUT2D eigenvalue weighted by molar-refractivity contribution is 5.74. The maximum atomic E-state index is 12.2. The Bertz CT molecular complexity index is 824. The van der Waals surface area contributed by atoms with Gasteiger partial charge in [0.05, 0.1) is 4.92 Å². The van der Waals surface area contributed by atoms with Crippen LogP contribution in [0.4, 0.5) is 36.2 Å². The van der Waals surface area contributed by atoms with E-state index in [2.05, 4.69) is 25.3 Å². The molecule has 2 N–H and O–H groups in total. The van der Waals surface area contributed by atoms with Crippen LogP contribution in [0.5, 0.6) is 5.75 Å². The van der Waals surface area contributed by atoms with Crippen molar-refractivity contribution in [3.63, 3.8) is 0 Å². The summed E-state index contributed by atoms with van der Waals surface area (Å²) >= 11 is 0. The quantitative estimate of drug-likeness (QED) is 0.535. The summed E-state index contributed by atoms with van der Waals surface area (Å²) in [6, 6.07) is 4.92. The molecular weight excluding hydrogens is 379 g/mol. The highest BCUT2D eigenvalue weighted by Crippen LogP contribution is 2.33. The lowest BCUT2D eigenvalue weighted by Gasteiger charge is -2.23. The van der Waals surface area contributed by atoms with Crippen molar-refractivity contribution in [3.05, 3.63) is 40.7 Å². The van der Waals surface area contributed by atoms with E-state index in [9.17, 15) is 23.3 Å². The topological polar surface area (TPSA) is 102 Å². The van der Waals surface area contributed by atoms with E-state index in [0.29, 0.717) is 5.69 Å². The zero-order valence-electron chi connectivity index (χ0n) is 14.7. The molecule has 1 aromatic heterocycles. The number of hydrogen-bond acceptors (Lipinski definition) is 7. The van der Waals surface area contributed by atoms with Gasteiger partial charge in [-0.15, -0.1) is 13.2 Å². The summed E-state index contributed by atoms with van der Waals surface area (Å²) in [6.07, 6.45) is 1.46. The minimum absolute atomic E-state index is 0.0530. The third-order valence-corrected chi connectivity index (χ3v) is 4.30. The second-order valence-electron chi connectivity index (χ2n) is 6.35. The lowest BCUT2D eigenvalue weighted by Crippen LogP contribution is -2.23. The van der Waals surface area contributed by atoms with E-state index >= 15 is 0 Å². The third-order valence-electron chi connectivity index (χ3n) is 4.30. The van der Waals surface area contributed by atoms with Gasteiger partial charge in [0.2, 0.25) is 11.6 Å². The van der Waals surface area contributed by atoms with E-state index in [4.69, 9.17) is 0 Å². The summed E-state index contributed by atoms with van der Waals surface area (Å²) in [7, 11) is 0. The van der Waals surface area contributed by atoms with Gasteiger partial charge in [-0.3, -0.25) is 10.1 Å². The summed E-state index contributed by atoms with van der Waals surface area (Å²) in [6.45, 7) is 0. The summed E-state index contributed by atoms with van der Waals surface area (Å²) in [4.78, 5) is 18.9. The van der Waals surface area contributed by atoms with Crippen LogP contribution in [0.1, 0.15) is 32.1 Å². The molecule has 3 rings (SSSR count). The molecule has 11 heteroatoms. The van der Waals surface area contributed by atoms with Crippen LogP contribution in [0.25, 0.3) is 0 Å². The molecule has 0 bridgehead atoms. The molecule has 28 heavy (non-hydrogen) atoms. The Hall–Kier alpha value is -3.11.